The first kappa shape index (κ1) is 24.3. The third-order valence-electron chi connectivity index (χ3n) is 6.76. The van der Waals surface area contributed by atoms with Crippen LogP contribution >= 0.6 is 0 Å². The molecular formula is C28H30N6O3. The van der Waals surface area contributed by atoms with Gasteiger partial charge in [-0.3, -0.25) is 19.5 Å². The number of nitrogens with one attached hydrogen (secondary N) is 1. The Balaban J connectivity index is 1.56. The van der Waals surface area contributed by atoms with Crippen molar-refractivity contribution >= 4 is 34.6 Å². The van der Waals surface area contributed by atoms with E-state index < -0.39 is 0 Å². The van der Waals surface area contributed by atoms with Crippen LogP contribution in [-0.2, 0) is 0 Å². The van der Waals surface area contributed by atoms with Crippen molar-refractivity contribution in [3.8, 4) is 5.75 Å². The predicted molar refractivity (Wildman–Crippen MR) is 143 cm³/mol. The predicted octanol–water partition coefficient (Wildman–Crippen LogP) is 4.51. The number of piperidine rings is 1. The van der Waals surface area contributed by atoms with Crippen LogP contribution in [0.5, 0.6) is 5.75 Å². The van der Waals surface area contributed by atoms with E-state index in [0.29, 0.717) is 33.9 Å². The van der Waals surface area contributed by atoms with E-state index >= 15 is 0 Å². The fourth-order valence-corrected chi connectivity index (χ4v) is 4.74. The average Bonchev–Trinajstić information content (AvgIpc) is 3.29. The zero-order chi connectivity index (χ0) is 25.9. The van der Waals surface area contributed by atoms with Crippen LogP contribution in [0.3, 0.4) is 0 Å². The zero-order valence-electron chi connectivity index (χ0n) is 21.0. The lowest BCUT2D eigenvalue weighted by Crippen LogP contribution is -2.35. The molecule has 0 bridgehead atoms. The quantitative estimate of drug-likeness (QED) is 0.378. The van der Waals surface area contributed by atoms with Crippen LogP contribution < -0.4 is 15.8 Å². The number of methoxy groups -OCH3 is 1. The molecule has 2 aromatic carbocycles. The summed E-state index contributed by atoms with van der Waals surface area (Å²) in [6.45, 7) is 3.50. The summed E-state index contributed by atoms with van der Waals surface area (Å²) in [7, 11) is 1.62. The van der Waals surface area contributed by atoms with Gasteiger partial charge in [-0.2, -0.15) is 0 Å². The van der Waals surface area contributed by atoms with E-state index in [1.807, 2.05) is 40.7 Å². The van der Waals surface area contributed by atoms with E-state index in [4.69, 9.17) is 15.5 Å². The second-order valence-corrected chi connectivity index (χ2v) is 9.26. The minimum absolute atomic E-state index is 0.0464. The first-order chi connectivity index (χ1) is 17.9. The molecule has 9 nitrogen and oxygen atoms in total. The van der Waals surface area contributed by atoms with Gasteiger partial charge in [0.15, 0.2) is 5.65 Å². The van der Waals surface area contributed by atoms with Gasteiger partial charge in [0.05, 0.1) is 18.7 Å². The summed E-state index contributed by atoms with van der Waals surface area (Å²) in [4.78, 5) is 37.5. The molecule has 4 aromatic rings. The third kappa shape index (κ3) is 4.97. The molecule has 3 heterocycles. The van der Waals surface area contributed by atoms with Gasteiger partial charge in [-0.05, 0) is 68.1 Å². The van der Waals surface area contributed by atoms with E-state index in [0.717, 1.165) is 43.7 Å². The summed E-state index contributed by atoms with van der Waals surface area (Å²) in [5.74, 6) is 0.662. The summed E-state index contributed by atoms with van der Waals surface area (Å²) >= 11 is 0. The Morgan fingerprint density at radius 1 is 1.03 bits per heavy atom. The number of hydrogen-bond donors (Lipinski definition) is 2. The number of nitrogens with zero attached hydrogens (tertiary/aromatic N) is 4. The number of carbonyl (C=O) groups is 2. The Morgan fingerprint density at radius 3 is 2.57 bits per heavy atom. The fraction of sp³-hybridized carbons (Fsp3) is 0.286. The SMILES string of the molecule is COc1cccc([C@H](C)n2c(NC(=O)c3cccc(N)c3)nc3cc(C(=O)N4CCCCC4)cnc32)c1. The summed E-state index contributed by atoms with van der Waals surface area (Å²) < 4.78 is 7.27. The topological polar surface area (TPSA) is 115 Å². The molecule has 0 aliphatic carbocycles. The molecule has 37 heavy (non-hydrogen) atoms. The molecule has 190 valence electrons. The van der Waals surface area contributed by atoms with Gasteiger partial charge in [-0.25, -0.2) is 9.97 Å². The lowest BCUT2D eigenvalue weighted by Gasteiger charge is -2.26. The molecule has 1 fully saturated rings. The van der Waals surface area contributed by atoms with Crippen LogP contribution in [0.1, 0.15) is 58.5 Å². The highest BCUT2D eigenvalue weighted by molar-refractivity contribution is 6.04. The molecule has 1 atom stereocenters. The van der Waals surface area contributed by atoms with Gasteiger partial charge in [-0.15, -0.1) is 0 Å². The summed E-state index contributed by atoms with van der Waals surface area (Å²) in [5.41, 5.74) is 9.32. The Morgan fingerprint density at radius 2 is 1.81 bits per heavy atom. The number of amides is 2. The van der Waals surface area contributed by atoms with Crippen molar-refractivity contribution in [3.63, 3.8) is 0 Å². The minimum Gasteiger partial charge on any atom is -0.497 e. The maximum absolute atomic E-state index is 13.1. The number of imidazole rings is 1. The number of nitrogen functional groups attached to an aromatic ring is 1. The van der Waals surface area contributed by atoms with Gasteiger partial charge in [0, 0.05) is 30.5 Å². The first-order valence-corrected chi connectivity index (χ1v) is 12.4. The van der Waals surface area contributed by atoms with Crippen LogP contribution in [0.4, 0.5) is 11.6 Å². The number of fused-ring (bicyclic) bond motifs is 1. The highest BCUT2D eigenvalue weighted by atomic mass is 16.5. The Hall–Kier alpha value is -4.40. The second-order valence-electron chi connectivity index (χ2n) is 9.26. The zero-order valence-corrected chi connectivity index (χ0v) is 21.0. The minimum atomic E-state index is -0.341. The van der Waals surface area contributed by atoms with Crippen molar-refractivity contribution in [2.24, 2.45) is 0 Å². The molecule has 1 aliphatic rings. The number of aromatic nitrogens is 3. The lowest BCUT2D eigenvalue weighted by molar-refractivity contribution is 0.0724. The molecule has 5 rings (SSSR count). The highest BCUT2D eigenvalue weighted by Gasteiger charge is 2.24. The molecule has 2 amide bonds. The van der Waals surface area contributed by atoms with Gasteiger partial charge in [0.2, 0.25) is 5.95 Å². The van der Waals surface area contributed by atoms with E-state index in [1.54, 1.807) is 43.6 Å². The number of anilines is 2. The summed E-state index contributed by atoms with van der Waals surface area (Å²) in [5, 5.41) is 2.93. The number of likely N-dealkylation sites (tertiary alicyclic amines) is 1. The molecule has 0 unspecified atom stereocenters. The number of rotatable bonds is 6. The number of nitrogens with two attached hydrogens (primary N) is 1. The van der Waals surface area contributed by atoms with Crippen LogP contribution in [0, 0.1) is 0 Å². The van der Waals surface area contributed by atoms with E-state index in [2.05, 4.69) is 10.3 Å². The molecule has 0 saturated carbocycles. The van der Waals surface area contributed by atoms with Crippen molar-refractivity contribution < 1.29 is 14.3 Å². The fourth-order valence-electron chi connectivity index (χ4n) is 4.74. The van der Waals surface area contributed by atoms with Crippen LogP contribution in [-0.4, -0.2) is 51.4 Å². The number of pyridine rings is 1. The Labute approximate surface area is 215 Å². The molecule has 9 heteroatoms. The number of benzene rings is 2. The largest absolute Gasteiger partial charge is 0.497 e. The van der Waals surface area contributed by atoms with Gasteiger partial charge in [-0.1, -0.05) is 18.2 Å². The van der Waals surface area contributed by atoms with Gasteiger partial charge < -0.3 is 15.4 Å². The van der Waals surface area contributed by atoms with E-state index in [1.165, 1.54) is 0 Å². The number of carbonyl (C=O) groups excluding carboxylic acids is 2. The smallest absolute Gasteiger partial charge is 0.258 e. The van der Waals surface area contributed by atoms with Crippen molar-refractivity contribution in [1.29, 1.82) is 0 Å². The second kappa shape index (κ2) is 10.3. The van der Waals surface area contributed by atoms with Crippen molar-refractivity contribution in [3.05, 3.63) is 77.5 Å². The van der Waals surface area contributed by atoms with Crippen molar-refractivity contribution in [1.82, 2.24) is 19.4 Å². The number of ether oxygens (including phenoxy) is 1. The molecule has 0 radical (unpaired) electrons. The van der Waals surface area contributed by atoms with Gasteiger partial charge in [0.25, 0.3) is 11.8 Å². The van der Waals surface area contributed by atoms with Crippen LogP contribution in [0.25, 0.3) is 11.2 Å². The van der Waals surface area contributed by atoms with E-state index in [-0.39, 0.29) is 17.9 Å². The summed E-state index contributed by atoms with van der Waals surface area (Å²) in [6, 6.07) is 16.0. The lowest BCUT2D eigenvalue weighted by atomic mass is 10.1. The highest BCUT2D eigenvalue weighted by Crippen LogP contribution is 2.30. The maximum Gasteiger partial charge on any atom is 0.258 e. The van der Waals surface area contributed by atoms with Gasteiger partial charge >= 0.3 is 0 Å². The van der Waals surface area contributed by atoms with Gasteiger partial charge in [0.1, 0.15) is 11.3 Å². The van der Waals surface area contributed by atoms with E-state index in [9.17, 15) is 9.59 Å². The van der Waals surface area contributed by atoms with Crippen molar-refractivity contribution in [2.75, 3.05) is 31.2 Å². The normalized spacial score (nSPS) is 14.4. The monoisotopic (exact) mass is 498 g/mol. The molecule has 1 aliphatic heterocycles. The standard InChI is InChI=1S/C28H30N6O3/c1-18(19-8-7-11-23(15-19)37-2)34-25-24(16-21(17-30-25)27(36)33-12-4-3-5-13-33)31-28(34)32-26(35)20-9-6-10-22(29)14-20/h6-11,14-18H,3-5,12-13,29H2,1-2H3,(H,31,32,35)/t18-/m0/s1. The molecule has 0 spiro atoms. The molecule has 2 aromatic heterocycles. The van der Waals surface area contributed by atoms with Crippen molar-refractivity contribution in [2.45, 2.75) is 32.2 Å². The third-order valence-corrected chi connectivity index (χ3v) is 6.76. The van der Waals surface area contributed by atoms with Crippen LogP contribution in [0.2, 0.25) is 0 Å². The maximum atomic E-state index is 13.1. The number of hydrogen-bond acceptors (Lipinski definition) is 6. The molecular weight excluding hydrogens is 468 g/mol. The first-order valence-electron chi connectivity index (χ1n) is 12.4. The summed E-state index contributed by atoms with van der Waals surface area (Å²) in [6.07, 6.45) is 4.76. The average molecular weight is 499 g/mol. The Kier molecular flexibility index (Phi) is 6.76. The van der Waals surface area contributed by atoms with Crippen LogP contribution in [0.15, 0.2) is 60.8 Å². The molecule has 1 saturated heterocycles. The molecule has 3 N–H and O–H groups in total. The Bertz CT molecular complexity index is 1460.